The summed E-state index contributed by atoms with van der Waals surface area (Å²) in [5.74, 6) is -0.000675. The molecule has 0 radical (unpaired) electrons. The second kappa shape index (κ2) is 3.30. The van der Waals surface area contributed by atoms with E-state index < -0.39 is 12.6 Å². The zero-order chi connectivity index (χ0) is 9.19. The molecule has 0 aliphatic rings. The van der Waals surface area contributed by atoms with Gasteiger partial charge in [-0.25, -0.2) is 4.98 Å². The van der Waals surface area contributed by atoms with Crippen molar-refractivity contribution in [1.82, 2.24) is 15.2 Å². The zero-order valence-corrected chi connectivity index (χ0v) is 6.58. The van der Waals surface area contributed by atoms with Gasteiger partial charge in [0.1, 0.15) is 12.2 Å². The molecule has 0 saturated carbocycles. The summed E-state index contributed by atoms with van der Waals surface area (Å²) in [5, 5.41) is 5.62. The highest BCUT2D eigenvalue weighted by atomic mass is 35.5. The van der Waals surface area contributed by atoms with E-state index in [0.29, 0.717) is 0 Å². The van der Waals surface area contributed by atoms with E-state index >= 15 is 0 Å². The van der Waals surface area contributed by atoms with Crippen LogP contribution in [0.5, 0.6) is 0 Å². The first-order valence-electron chi connectivity index (χ1n) is 3.04. The van der Waals surface area contributed by atoms with Crippen molar-refractivity contribution in [1.29, 1.82) is 0 Å². The Morgan fingerprint density at radius 3 is 2.50 bits per heavy atom. The summed E-state index contributed by atoms with van der Waals surface area (Å²) in [7, 11) is 0. The minimum atomic E-state index is -4.27. The van der Waals surface area contributed by atoms with E-state index in [-0.39, 0.29) is 17.5 Å². The van der Waals surface area contributed by atoms with Gasteiger partial charge in [-0.05, 0) is 0 Å². The van der Waals surface area contributed by atoms with Crippen LogP contribution in [0.25, 0.3) is 0 Å². The van der Waals surface area contributed by atoms with Gasteiger partial charge in [0.25, 0.3) is 0 Å². The molecular formula is C5H5ClF3N3. The topological polar surface area (TPSA) is 41.6 Å². The fraction of sp³-hybridized carbons (Fsp3) is 0.600. The van der Waals surface area contributed by atoms with Gasteiger partial charge in [0, 0.05) is 0 Å². The SMILES string of the molecule is FC(F)(F)Cc1n[nH]c(CCl)n1. The summed E-state index contributed by atoms with van der Waals surface area (Å²) in [6.07, 6.45) is -5.40. The normalized spacial score (nSPS) is 12.0. The van der Waals surface area contributed by atoms with Crippen molar-refractivity contribution in [3.8, 4) is 0 Å². The molecule has 0 aliphatic carbocycles. The van der Waals surface area contributed by atoms with Gasteiger partial charge in [-0.2, -0.15) is 18.3 Å². The van der Waals surface area contributed by atoms with Gasteiger partial charge in [0.05, 0.1) is 5.88 Å². The molecule has 0 amide bonds. The van der Waals surface area contributed by atoms with Crippen LogP contribution in [-0.2, 0) is 12.3 Å². The van der Waals surface area contributed by atoms with Gasteiger partial charge < -0.3 is 0 Å². The Morgan fingerprint density at radius 2 is 2.08 bits per heavy atom. The number of halogens is 4. The highest BCUT2D eigenvalue weighted by Crippen LogP contribution is 2.18. The van der Waals surface area contributed by atoms with E-state index in [1.807, 2.05) is 0 Å². The summed E-state index contributed by atoms with van der Waals surface area (Å²) in [5.41, 5.74) is 0. The van der Waals surface area contributed by atoms with Gasteiger partial charge in [-0.3, -0.25) is 5.10 Å². The quantitative estimate of drug-likeness (QED) is 0.736. The highest BCUT2D eigenvalue weighted by Gasteiger charge is 2.29. The van der Waals surface area contributed by atoms with Crippen molar-refractivity contribution in [2.24, 2.45) is 0 Å². The number of alkyl halides is 4. The molecule has 12 heavy (non-hydrogen) atoms. The van der Waals surface area contributed by atoms with E-state index in [0.717, 1.165) is 0 Å². The average molecular weight is 200 g/mol. The van der Waals surface area contributed by atoms with Crippen molar-refractivity contribution in [3.63, 3.8) is 0 Å². The van der Waals surface area contributed by atoms with Crippen LogP contribution in [0.15, 0.2) is 0 Å². The molecule has 0 spiro atoms. The lowest BCUT2D eigenvalue weighted by Crippen LogP contribution is -2.12. The van der Waals surface area contributed by atoms with Gasteiger partial charge in [-0.1, -0.05) is 0 Å². The van der Waals surface area contributed by atoms with Crippen LogP contribution in [0.2, 0.25) is 0 Å². The number of nitrogens with zero attached hydrogens (tertiary/aromatic N) is 2. The molecular weight excluding hydrogens is 195 g/mol. The molecule has 68 valence electrons. The first-order chi connectivity index (χ1) is 5.51. The molecule has 0 atom stereocenters. The van der Waals surface area contributed by atoms with E-state index in [1.54, 1.807) is 0 Å². The molecule has 1 N–H and O–H groups in total. The molecule has 7 heteroatoms. The largest absolute Gasteiger partial charge is 0.396 e. The summed E-state index contributed by atoms with van der Waals surface area (Å²) in [6, 6.07) is 0. The minimum absolute atomic E-state index is 0.0326. The van der Waals surface area contributed by atoms with Crippen LogP contribution in [0.3, 0.4) is 0 Å². The van der Waals surface area contributed by atoms with Gasteiger partial charge in [0.2, 0.25) is 0 Å². The Kier molecular flexibility index (Phi) is 2.56. The Bertz CT molecular complexity index is 257. The number of hydrogen-bond donors (Lipinski definition) is 1. The second-order valence-electron chi connectivity index (χ2n) is 2.12. The average Bonchev–Trinajstić information content (AvgIpc) is 2.32. The predicted molar refractivity (Wildman–Crippen MR) is 35.7 cm³/mol. The second-order valence-corrected chi connectivity index (χ2v) is 2.39. The molecule has 1 heterocycles. The summed E-state index contributed by atoms with van der Waals surface area (Å²) in [4.78, 5) is 3.50. The van der Waals surface area contributed by atoms with Crippen molar-refractivity contribution < 1.29 is 13.2 Å². The van der Waals surface area contributed by atoms with Crippen molar-refractivity contribution in [2.45, 2.75) is 18.5 Å². The fourth-order valence-corrected chi connectivity index (χ4v) is 0.772. The molecule has 0 fully saturated rings. The lowest BCUT2D eigenvalue weighted by Gasteiger charge is -2.00. The Hall–Kier alpha value is -0.780. The molecule has 0 aromatic carbocycles. The van der Waals surface area contributed by atoms with E-state index in [9.17, 15) is 13.2 Å². The monoisotopic (exact) mass is 199 g/mol. The number of hydrogen-bond acceptors (Lipinski definition) is 2. The number of aromatic amines is 1. The third-order valence-corrected chi connectivity index (χ3v) is 1.32. The first-order valence-corrected chi connectivity index (χ1v) is 3.57. The standard InChI is InChI=1S/C5H5ClF3N3/c6-2-4-10-3(11-12-4)1-5(7,8)9/h1-2H2,(H,10,11,12). The first kappa shape index (κ1) is 9.31. The van der Waals surface area contributed by atoms with Crippen LogP contribution >= 0.6 is 11.6 Å². The third-order valence-electron chi connectivity index (χ3n) is 1.06. The third kappa shape index (κ3) is 2.69. The maximum absolute atomic E-state index is 11.7. The number of nitrogens with one attached hydrogen (secondary N) is 1. The van der Waals surface area contributed by atoms with Crippen molar-refractivity contribution in [2.75, 3.05) is 0 Å². The molecule has 1 rings (SSSR count). The summed E-state index contributed by atoms with van der Waals surface area (Å²) >= 11 is 5.30. The van der Waals surface area contributed by atoms with Crippen LogP contribution < -0.4 is 0 Å². The highest BCUT2D eigenvalue weighted by molar-refractivity contribution is 6.16. The molecule has 0 aliphatic heterocycles. The summed E-state index contributed by atoms with van der Waals surface area (Å²) < 4.78 is 35.2. The van der Waals surface area contributed by atoms with Crippen LogP contribution in [0.4, 0.5) is 13.2 Å². The molecule has 3 nitrogen and oxygen atoms in total. The number of rotatable bonds is 2. The fourth-order valence-electron chi connectivity index (χ4n) is 0.653. The number of H-pyrrole nitrogens is 1. The minimum Gasteiger partial charge on any atom is -0.262 e. The summed E-state index contributed by atoms with van der Waals surface area (Å²) in [6.45, 7) is 0. The Balaban J connectivity index is 2.64. The van der Waals surface area contributed by atoms with E-state index in [4.69, 9.17) is 11.6 Å². The lowest BCUT2D eigenvalue weighted by atomic mass is 10.4. The number of aromatic nitrogens is 3. The molecule has 0 bridgehead atoms. The predicted octanol–water partition coefficient (Wildman–Crippen LogP) is 1.65. The zero-order valence-electron chi connectivity index (χ0n) is 5.82. The lowest BCUT2D eigenvalue weighted by molar-refractivity contribution is -0.128. The smallest absolute Gasteiger partial charge is 0.262 e. The van der Waals surface area contributed by atoms with Crippen molar-refractivity contribution >= 4 is 11.6 Å². The molecule has 0 saturated heterocycles. The van der Waals surface area contributed by atoms with Gasteiger partial charge in [-0.15, -0.1) is 11.6 Å². The van der Waals surface area contributed by atoms with Crippen LogP contribution in [0.1, 0.15) is 11.6 Å². The van der Waals surface area contributed by atoms with Gasteiger partial charge in [0.15, 0.2) is 5.82 Å². The molecule has 1 aromatic rings. The maximum atomic E-state index is 11.7. The van der Waals surface area contributed by atoms with Gasteiger partial charge >= 0.3 is 6.18 Å². The Labute approximate surface area is 70.9 Å². The molecule has 0 unspecified atom stereocenters. The van der Waals surface area contributed by atoms with E-state index in [1.165, 1.54) is 0 Å². The Morgan fingerprint density at radius 1 is 1.42 bits per heavy atom. The van der Waals surface area contributed by atoms with Crippen LogP contribution in [-0.4, -0.2) is 21.4 Å². The van der Waals surface area contributed by atoms with E-state index in [2.05, 4.69) is 15.2 Å². The van der Waals surface area contributed by atoms with Crippen molar-refractivity contribution in [3.05, 3.63) is 11.6 Å². The maximum Gasteiger partial charge on any atom is 0.396 e. The molecule has 1 aromatic heterocycles. The van der Waals surface area contributed by atoms with Crippen LogP contribution in [0, 0.1) is 0 Å².